The van der Waals surface area contributed by atoms with Crippen molar-refractivity contribution in [1.29, 1.82) is 0 Å². The Labute approximate surface area is 243 Å². The van der Waals surface area contributed by atoms with Gasteiger partial charge < -0.3 is 33.9 Å². The number of benzene rings is 3. The third-order valence-corrected chi connectivity index (χ3v) is 7.71. The molecule has 0 radical (unpaired) electrons. The highest BCUT2D eigenvalue weighted by Gasteiger charge is 2.50. The summed E-state index contributed by atoms with van der Waals surface area (Å²) >= 11 is 0. The number of imide groups is 1. The molecule has 3 N–H and O–H groups in total. The summed E-state index contributed by atoms with van der Waals surface area (Å²) < 4.78 is 28.7. The van der Waals surface area contributed by atoms with E-state index < -0.39 is 48.2 Å². The summed E-state index contributed by atoms with van der Waals surface area (Å²) in [5.41, 5.74) is 1.19. The third-order valence-electron chi connectivity index (χ3n) is 7.71. The Morgan fingerprint density at radius 3 is 1.90 bits per heavy atom. The van der Waals surface area contributed by atoms with Crippen molar-refractivity contribution in [2.24, 2.45) is 0 Å². The van der Waals surface area contributed by atoms with Gasteiger partial charge in [-0.3, -0.25) is 15.0 Å². The van der Waals surface area contributed by atoms with Crippen molar-refractivity contribution in [2.75, 3.05) is 34.5 Å². The molecule has 222 valence electrons. The van der Waals surface area contributed by atoms with Gasteiger partial charge in [0.05, 0.1) is 27.4 Å². The van der Waals surface area contributed by atoms with Gasteiger partial charge in [0.2, 0.25) is 0 Å². The first kappa shape index (κ1) is 29.5. The van der Waals surface area contributed by atoms with Crippen molar-refractivity contribution in [3.8, 4) is 11.5 Å². The van der Waals surface area contributed by atoms with E-state index in [1.807, 2.05) is 78.9 Å². The van der Waals surface area contributed by atoms with E-state index in [2.05, 4.69) is 5.32 Å². The summed E-state index contributed by atoms with van der Waals surface area (Å²) in [5, 5.41) is 24.1. The topological polar surface area (TPSA) is 136 Å². The van der Waals surface area contributed by atoms with E-state index >= 15 is 0 Å². The third kappa shape index (κ3) is 5.44. The van der Waals surface area contributed by atoms with Crippen molar-refractivity contribution in [3.63, 3.8) is 0 Å². The Hall–Kier alpha value is -4.00. The van der Waals surface area contributed by atoms with Gasteiger partial charge in [0.25, 0.3) is 5.91 Å². The van der Waals surface area contributed by atoms with Gasteiger partial charge in [-0.25, -0.2) is 4.79 Å². The highest BCUT2D eigenvalue weighted by Crippen LogP contribution is 2.42. The zero-order chi connectivity index (χ0) is 29.9. The van der Waals surface area contributed by atoms with E-state index in [1.165, 1.54) is 7.11 Å². The van der Waals surface area contributed by atoms with Crippen molar-refractivity contribution in [3.05, 3.63) is 95.6 Å². The first-order valence-electron chi connectivity index (χ1n) is 13.5. The second-order valence-corrected chi connectivity index (χ2v) is 10.0. The molecular weight excluding hydrogens is 544 g/mol. The molecular formula is C31H34N2O9. The highest BCUT2D eigenvalue weighted by molar-refractivity contribution is 5.99. The van der Waals surface area contributed by atoms with Gasteiger partial charge in [-0.15, -0.1) is 0 Å². The van der Waals surface area contributed by atoms with Gasteiger partial charge in [-0.1, -0.05) is 54.6 Å². The molecule has 2 saturated heterocycles. The zero-order valence-electron chi connectivity index (χ0n) is 23.5. The van der Waals surface area contributed by atoms with E-state index in [0.717, 1.165) is 21.6 Å². The fourth-order valence-electron chi connectivity index (χ4n) is 5.41. The number of methoxy groups -OCH3 is 3. The SMILES string of the molecule is COc1ccc(C(OC[C@H]2O[C@@H](N3CC(OC)C(=O)NC3=O)[C@H](O)[C@@H]2O)(c2ccccc2)c2ccc(OC)cc2)cc1. The first-order chi connectivity index (χ1) is 20.3. The van der Waals surface area contributed by atoms with E-state index in [9.17, 15) is 19.8 Å². The molecule has 5 rings (SSSR count). The van der Waals surface area contributed by atoms with Crippen molar-refractivity contribution < 1.29 is 43.5 Å². The lowest BCUT2D eigenvalue weighted by molar-refractivity contribution is -0.142. The van der Waals surface area contributed by atoms with Gasteiger partial charge >= 0.3 is 6.03 Å². The van der Waals surface area contributed by atoms with E-state index in [0.29, 0.717) is 11.5 Å². The fourth-order valence-corrected chi connectivity index (χ4v) is 5.41. The van der Waals surface area contributed by atoms with Crippen molar-refractivity contribution >= 4 is 11.9 Å². The first-order valence-corrected chi connectivity index (χ1v) is 13.5. The number of urea groups is 1. The smallest absolute Gasteiger partial charge is 0.326 e. The molecule has 11 nitrogen and oxygen atoms in total. The second-order valence-electron chi connectivity index (χ2n) is 10.0. The number of aliphatic hydroxyl groups excluding tert-OH is 2. The summed E-state index contributed by atoms with van der Waals surface area (Å²) in [4.78, 5) is 25.8. The summed E-state index contributed by atoms with van der Waals surface area (Å²) in [7, 11) is 4.53. The molecule has 0 bridgehead atoms. The summed E-state index contributed by atoms with van der Waals surface area (Å²) in [5.74, 6) is 0.755. The van der Waals surface area contributed by atoms with Crippen LogP contribution in [0.3, 0.4) is 0 Å². The lowest BCUT2D eigenvalue weighted by Gasteiger charge is -2.37. The molecule has 0 aliphatic carbocycles. The van der Waals surface area contributed by atoms with Gasteiger partial charge in [0.1, 0.15) is 35.4 Å². The number of carbonyl (C=O) groups excluding carboxylic acids is 2. The molecule has 3 aromatic rings. The van der Waals surface area contributed by atoms with Crippen LogP contribution in [0.1, 0.15) is 16.7 Å². The lowest BCUT2D eigenvalue weighted by Crippen LogP contribution is -2.62. The molecule has 3 aromatic carbocycles. The van der Waals surface area contributed by atoms with Crippen molar-refractivity contribution in [2.45, 2.75) is 36.2 Å². The highest BCUT2D eigenvalue weighted by atomic mass is 16.6. The predicted octanol–water partition coefficient (Wildman–Crippen LogP) is 2.03. The number of carbonyl (C=O) groups is 2. The standard InChI is InChI=1S/C31H34N2O9/c1-38-22-13-9-20(10-14-22)31(19-7-5-4-6-8-19,21-11-15-23(39-2)16-12-21)41-18-25-26(34)27(35)29(42-25)33-17-24(40-3)28(36)32-30(33)37/h4-16,24-27,29,34-35H,17-18H2,1-3H3,(H,32,36,37)/t24?,25-,26-,27-,29-/m1/s1. The molecule has 11 heteroatoms. The number of amides is 3. The summed E-state index contributed by atoms with van der Waals surface area (Å²) in [6.07, 6.45) is -6.03. The maximum Gasteiger partial charge on any atom is 0.326 e. The van der Waals surface area contributed by atoms with Crippen LogP contribution in [-0.2, 0) is 24.6 Å². The molecule has 5 atom stereocenters. The van der Waals surface area contributed by atoms with E-state index in [1.54, 1.807) is 14.2 Å². The number of ether oxygens (including phenoxy) is 5. The molecule has 1 unspecified atom stereocenters. The van der Waals surface area contributed by atoms with Gasteiger partial charge in [-0.05, 0) is 41.0 Å². The van der Waals surface area contributed by atoms with E-state index in [4.69, 9.17) is 23.7 Å². The fraction of sp³-hybridized carbons (Fsp3) is 0.355. The normalized spacial score (nSPS) is 24.4. The van der Waals surface area contributed by atoms with Crippen LogP contribution in [0.15, 0.2) is 78.9 Å². The van der Waals surface area contributed by atoms with Crippen molar-refractivity contribution in [1.82, 2.24) is 10.2 Å². The molecule has 3 amide bonds. The Bertz CT molecular complexity index is 1320. The largest absolute Gasteiger partial charge is 0.497 e. The Morgan fingerprint density at radius 2 is 1.38 bits per heavy atom. The molecule has 2 heterocycles. The molecule has 0 saturated carbocycles. The van der Waals surface area contributed by atoms with E-state index in [-0.39, 0.29) is 13.2 Å². The average Bonchev–Trinajstić information content (AvgIpc) is 3.31. The Kier molecular flexibility index (Phi) is 8.76. The Morgan fingerprint density at radius 1 is 0.833 bits per heavy atom. The maximum atomic E-state index is 12.6. The molecule has 2 aliphatic rings. The lowest BCUT2D eigenvalue weighted by atomic mass is 9.80. The van der Waals surface area contributed by atoms with Crippen LogP contribution >= 0.6 is 0 Å². The maximum absolute atomic E-state index is 12.6. The number of aliphatic hydroxyl groups is 2. The zero-order valence-corrected chi connectivity index (χ0v) is 23.5. The van der Waals surface area contributed by atoms with Crippen LogP contribution in [0.5, 0.6) is 11.5 Å². The number of hydrogen-bond donors (Lipinski definition) is 3. The average molecular weight is 579 g/mol. The van der Waals surface area contributed by atoms with Crippen LogP contribution in [0.2, 0.25) is 0 Å². The summed E-state index contributed by atoms with van der Waals surface area (Å²) in [6.45, 7) is -0.307. The van der Waals surface area contributed by atoms with Gasteiger partial charge in [0.15, 0.2) is 12.3 Å². The number of hydrogen-bond acceptors (Lipinski definition) is 9. The van der Waals surface area contributed by atoms with Gasteiger partial charge in [-0.2, -0.15) is 0 Å². The molecule has 42 heavy (non-hydrogen) atoms. The minimum Gasteiger partial charge on any atom is -0.497 e. The number of nitrogens with zero attached hydrogens (tertiary/aromatic N) is 1. The molecule has 0 spiro atoms. The number of rotatable bonds is 10. The monoisotopic (exact) mass is 578 g/mol. The van der Waals surface area contributed by atoms with Crippen LogP contribution in [-0.4, -0.2) is 92.2 Å². The molecule has 0 aromatic heterocycles. The minimum absolute atomic E-state index is 0.144. The molecule has 2 fully saturated rings. The summed E-state index contributed by atoms with van der Waals surface area (Å²) in [6, 6.07) is 23.8. The van der Waals surface area contributed by atoms with Crippen LogP contribution < -0.4 is 14.8 Å². The van der Waals surface area contributed by atoms with Crippen LogP contribution in [0, 0.1) is 0 Å². The molecule has 2 aliphatic heterocycles. The Balaban J connectivity index is 1.50. The predicted molar refractivity (Wildman–Crippen MR) is 150 cm³/mol. The minimum atomic E-state index is -1.46. The second kappa shape index (κ2) is 12.5. The van der Waals surface area contributed by atoms with Gasteiger partial charge in [0, 0.05) is 7.11 Å². The van der Waals surface area contributed by atoms with Crippen LogP contribution in [0.4, 0.5) is 4.79 Å². The van der Waals surface area contributed by atoms with Crippen LogP contribution in [0.25, 0.3) is 0 Å². The quantitative estimate of drug-likeness (QED) is 0.309. The number of nitrogens with one attached hydrogen (secondary N) is 1.